The SMILES string of the molecule is CCOC(=O)c1ccc2c(c1)n(CC)c(/C=C/N(C)c1ccccc1)[n+]2CC.[I-]. The highest BCUT2D eigenvalue weighted by atomic mass is 127. The number of ether oxygens (including phenoxy) is 1. The maximum Gasteiger partial charge on any atom is 0.338 e. The molecule has 0 spiro atoms. The zero-order chi connectivity index (χ0) is 20.1. The molecule has 1 aromatic heterocycles. The van der Waals surface area contributed by atoms with Crippen LogP contribution in [0.2, 0.25) is 0 Å². The largest absolute Gasteiger partial charge is 1.00 e. The van der Waals surface area contributed by atoms with Gasteiger partial charge in [-0.15, -0.1) is 0 Å². The molecule has 6 heteroatoms. The topological polar surface area (TPSA) is 38.4 Å². The summed E-state index contributed by atoms with van der Waals surface area (Å²) in [7, 11) is 2.04. The van der Waals surface area contributed by atoms with Crippen molar-refractivity contribution in [1.29, 1.82) is 0 Å². The van der Waals surface area contributed by atoms with Gasteiger partial charge in [-0.25, -0.2) is 13.9 Å². The van der Waals surface area contributed by atoms with Crippen molar-refractivity contribution in [3.8, 4) is 0 Å². The van der Waals surface area contributed by atoms with Gasteiger partial charge in [0.25, 0.3) is 5.82 Å². The van der Waals surface area contributed by atoms with Gasteiger partial charge in [-0.05, 0) is 45.0 Å². The van der Waals surface area contributed by atoms with E-state index in [4.69, 9.17) is 4.74 Å². The van der Waals surface area contributed by atoms with Crippen LogP contribution in [0, 0.1) is 0 Å². The number of rotatable bonds is 7. The molecule has 0 aliphatic rings. The highest BCUT2D eigenvalue weighted by molar-refractivity contribution is 5.93. The average Bonchev–Trinajstić information content (AvgIpc) is 3.04. The number of hydrogen-bond donors (Lipinski definition) is 0. The van der Waals surface area contributed by atoms with E-state index in [0.29, 0.717) is 12.2 Å². The van der Waals surface area contributed by atoms with Crippen LogP contribution >= 0.6 is 0 Å². The van der Waals surface area contributed by atoms with E-state index >= 15 is 0 Å². The van der Waals surface area contributed by atoms with Crippen LogP contribution in [0.1, 0.15) is 37.0 Å². The van der Waals surface area contributed by atoms with Gasteiger partial charge >= 0.3 is 5.97 Å². The summed E-state index contributed by atoms with van der Waals surface area (Å²) in [6.45, 7) is 8.11. The molecule has 0 unspecified atom stereocenters. The molecule has 0 N–H and O–H groups in total. The van der Waals surface area contributed by atoms with Gasteiger partial charge in [0.2, 0.25) is 0 Å². The minimum absolute atomic E-state index is 0. The van der Waals surface area contributed by atoms with E-state index in [1.807, 2.05) is 50.4 Å². The maximum absolute atomic E-state index is 12.2. The first-order valence-electron chi connectivity index (χ1n) is 9.79. The second kappa shape index (κ2) is 10.4. The summed E-state index contributed by atoms with van der Waals surface area (Å²) in [5.41, 5.74) is 3.86. The van der Waals surface area contributed by atoms with Crippen molar-refractivity contribution in [1.82, 2.24) is 4.57 Å². The standard InChI is InChI=1S/C23H28N3O2.HI/c1-5-25-20-14-13-18(23(27)28-7-3)17-21(20)26(6-2)22(25)15-16-24(4)19-11-9-8-10-12-19;/h8-17H,5-7H2,1-4H3;1H/q+1;/p-1. The molecular formula is C23H28IN3O2. The summed E-state index contributed by atoms with van der Waals surface area (Å²) < 4.78 is 9.67. The summed E-state index contributed by atoms with van der Waals surface area (Å²) >= 11 is 0. The third-order valence-corrected chi connectivity index (χ3v) is 4.86. The van der Waals surface area contributed by atoms with E-state index in [1.165, 1.54) is 0 Å². The molecule has 2 aromatic carbocycles. The number of benzene rings is 2. The van der Waals surface area contributed by atoms with Crippen LogP contribution in [0.15, 0.2) is 54.7 Å². The third kappa shape index (κ3) is 4.80. The van der Waals surface area contributed by atoms with E-state index in [0.717, 1.165) is 35.6 Å². The summed E-state index contributed by atoms with van der Waals surface area (Å²) in [6, 6.07) is 16.0. The number of carbonyl (C=O) groups excluding carboxylic acids is 1. The van der Waals surface area contributed by atoms with Crippen molar-refractivity contribution in [3.05, 3.63) is 66.1 Å². The lowest BCUT2D eigenvalue weighted by molar-refractivity contribution is -0.670. The summed E-state index contributed by atoms with van der Waals surface area (Å²) in [6.07, 6.45) is 4.21. The molecule has 0 atom stereocenters. The number of nitrogens with zero attached hydrogens (tertiary/aromatic N) is 3. The fourth-order valence-corrected chi connectivity index (χ4v) is 3.47. The molecule has 0 aliphatic heterocycles. The molecule has 0 aliphatic carbocycles. The van der Waals surface area contributed by atoms with Crippen LogP contribution in [0.4, 0.5) is 5.69 Å². The van der Waals surface area contributed by atoms with E-state index in [1.54, 1.807) is 0 Å². The Kier molecular flexibility index (Phi) is 8.25. The smallest absolute Gasteiger partial charge is 0.338 e. The Morgan fingerprint density at radius 2 is 1.86 bits per heavy atom. The number of imidazole rings is 1. The molecule has 0 saturated heterocycles. The Balaban J connectivity index is 0.00000300. The lowest BCUT2D eigenvalue weighted by atomic mass is 10.2. The van der Waals surface area contributed by atoms with Crippen molar-refractivity contribution in [2.24, 2.45) is 0 Å². The van der Waals surface area contributed by atoms with Gasteiger partial charge in [-0.3, -0.25) is 0 Å². The van der Waals surface area contributed by atoms with Crippen LogP contribution in [-0.4, -0.2) is 24.2 Å². The molecule has 29 heavy (non-hydrogen) atoms. The first-order valence-corrected chi connectivity index (χ1v) is 9.79. The van der Waals surface area contributed by atoms with E-state index < -0.39 is 0 Å². The third-order valence-electron chi connectivity index (χ3n) is 4.86. The van der Waals surface area contributed by atoms with Crippen molar-refractivity contribution in [2.45, 2.75) is 33.9 Å². The lowest BCUT2D eigenvalue weighted by Gasteiger charge is -2.13. The van der Waals surface area contributed by atoms with Gasteiger partial charge in [0.15, 0.2) is 11.0 Å². The molecule has 3 rings (SSSR count). The number of aryl methyl sites for hydroxylation is 2. The minimum atomic E-state index is -0.280. The number of aromatic nitrogens is 2. The van der Waals surface area contributed by atoms with E-state index in [2.05, 4.69) is 52.3 Å². The Hall–Kier alpha value is -2.35. The summed E-state index contributed by atoms with van der Waals surface area (Å²) in [5.74, 6) is 0.820. The van der Waals surface area contributed by atoms with Crippen molar-refractivity contribution in [2.75, 3.05) is 18.6 Å². The van der Waals surface area contributed by atoms with Gasteiger partial charge in [-0.1, -0.05) is 18.2 Å². The van der Waals surface area contributed by atoms with Gasteiger partial charge < -0.3 is 33.6 Å². The fraction of sp³-hybridized carbons (Fsp3) is 0.304. The predicted molar refractivity (Wildman–Crippen MR) is 113 cm³/mol. The van der Waals surface area contributed by atoms with Gasteiger partial charge in [0.05, 0.1) is 25.3 Å². The van der Waals surface area contributed by atoms with Crippen molar-refractivity contribution >= 4 is 28.8 Å². The molecule has 154 valence electrons. The van der Waals surface area contributed by atoms with Crippen molar-refractivity contribution in [3.63, 3.8) is 0 Å². The second-order valence-corrected chi connectivity index (χ2v) is 6.53. The summed E-state index contributed by atoms with van der Waals surface area (Å²) in [5, 5.41) is 0. The number of hydrogen-bond acceptors (Lipinski definition) is 3. The maximum atomic E-state index is 12.2. The molecule has 0 radical (unpaired) electrons. The second-order valence-electron chi connectivity index (χ2n) is 6.53. The number of halogens is 1. The normalized spacial score (nSPS) is 10.9. The van der Waals surface area contributed by atoms with Crippen LogP contribution in [0.25, 0.3) is 17.1 Å². The molecule has 0 fully saturated rings. The van der Waals surface area contributed by atoms with E-state index in [9.17, 15) is 4.79 Å². The molecule has 3 aromatic rings. The first-order chi connectivity index (χ1) is 13.6. The Bertz CT molecular complexity index is 996. The molecule has 1 heterocycles. The molecule has 5 nitrogen and oxygen atoms in total. The minimum Gasteiger partial charge on any atom is -1.00 e. The fourth-order valence-electron chi connectivity index (χ4n) is 3.47. The summed E-state index contributed by atoms with van der Waals surface area (Å²) in [4.78, 5) is 14.3. The molecule has 0 amide bonds. The highest BCUT2D eigenvalue weighted by Gasteiger charge is 2.23. The molecular weight excluding hydrogens is 477 g/mol. The monoisotopic (exact) mass is 505 g/mol. The Morgan fingerprint density at radius 1 is 1.14 bits per heavy atom. The number of fused-ring (bicyclic) bond motifs is 1. The lowest BCUT2D eigenvalue weighted by Crippen LogP contribution is -3.00. The average molecular weight is 505 g/mol. The van der Waals surface area contributed by atoms with Gasteiger partial charge in [0, 0.05) is 31.1 Å². The van der Waals surface area contributed by atoms with Crippen LogP contribution < -0.4 is 33.4 Å². The Morgan fingerprint density at radius 3 is 2.48 bits per heavy atom. The van der Waals surface area contributed by atoms with Gasteiger partial charge in [-0.2, -0.15) is 0 Å². The van der Waals surface area contributed by atoms with E-state index in [-0.39, 0.29) is 29.9 Å². The zero-order valence-electron chi connectivity index (χ0n) is 17.4. The Labute approximate surface area is 189 Å². The molecule has 0 bridgehead atoms. The first kappa shape index (κ1) is 22.9. The van der Waals surface area contributed by atoms with Crippen LogP contribution in [0.3, 0.4) is 0 Å². The quantitative estimate of drug-likeness (QED) is 0.276. The van der Waals surface area contributed by atoms with Crippen molar-refractivity contribution < 1.29 is 38.1 Å². The number of carbonyl (C=O) groups is 1. The predicted octanol–water partition coefficient (Wildman–Crippen LogP) is 1.26. The molecule has 0 saturated carbocycles. The number of esters is 1. The van der Waals surface area contributed by atoms with Crippen LogP contribution in [-0.2, 0) is 17.8 Å². The van der Waals surface area contributed by atoms with Gasteiger partial charge in [0.1, 0.15) is 0 Å². The number of para-hydroxylation sites is 1. The van der Waals surface area contributed by atoms with Crippen LogP contribution in [0.5, 0.6) is 0 Å². The zero-order valence-corrected chi connectivity index (χ0v) is 19.6. The highest BCUT2D eigenvalue weighted by Crippen LogP contribution is 2.19. The number of anilines is 1.